The minimum Gasteiger partial charge on any atom is -0.348 e. The van der Waals surface area contributed by atoms with Gasteiger partial charge in [0.25, 0.3) is 5.91 Å². The summed E-state index contributed by atoms with van der Waals surface area (Å²) in [7, 11) is -3.17. The smallest absolute Gasteiger partial charge is 0.256 e. The fourth-order valence-electron chi connectivity index (χ4n) is 3.38. The second-order valence-electron chi connectivity index (χ2n) is 6.94. The standard InChI is InChI=1S/C18H19N5O3S/c19-7-5-15(11-1-2-11)22-18(24)14-10-20-23-17(14)21-13-3-4-16-12(9-13)6-8-27(16,25)26/h3-4,9-11,15H,1-2,5-6,8H2,(H,22,24)(H2,20,21,23). The lowest BCUT2D eigenvalue weighted by molar-refractivity contribution is 0.0934. The van der Waals surface area contributed by atoms with Gasteiger partial charge in [-0.05, 0) is 48.9 Å². The number of aryl methyl sites for hydroxylation is 1. The maximum absolute atomic E-state index is 12.6. The van der Waals surface area contributed by atoms with Crippen molar-refractivity contribution in [3.05, 3.63) is 35.5 Å². The molecule has 2 aliphatic rings. The van der Waals surface area contributed by atoms with Crippen molar-refractivity contribution < 1.29 is 13.2 Å². The summed E-state index contributed by atoms with van der Waals surface area (Å²) in [4.78, 5) is 13.0. The van der Waals surface area contributed by atoms with E-state index in [-0.39, 0.29) is 24.1 Å². The van der Waals surface area contributed by atoms with Gasteiger partial charge >= 0.3 is 0 Å². The zero-order chi connectivity index (χ0) is 19.0. The first-order valence-corrected chi connectivity index (χ1v) is 10.5. The van der Waals surface area contributed by atoms with Gasteiger partial charge in [-0.3, -0.25) is 9.89 Å². The number of anilines is 2. The number of benzene rings is 1. The molecule has 1 aromatic heterocycles. The van der Waals surface area contributed by atoms with E-state index >= 15 is 0 Å². The first kappa shape index (κ1) is 17.5. The zero-order valence-electron chi connectivity index (χ0n) is 14.5. The molecule has 0 saturated heterocycles. The number of nitrogens with zero attached hydrogens (tertiary/aromatic N) is 2. The molecule has 1 fully saturated rings. The lowest BCUT2D eigenvalue weighted by Gasteiger charge is -2.15. The van der Waals surface area contributed by atoms with Crippen molar-refractivity contribution in [2.24, 2.45) is 5.92 Å². The van der Waals surface area contributed by atoms with Crippen molar-refractivity contribution in [1.29, 1.82) is 5.26 Å². The second-order valence-corrected chi connectivity index (χ2v) is 9.02. The van der Waals surface area contributed by atoms with E-state index in [1.807, 2.05) is 0 Å². The molecule has 1 aliphatic carbocycles. The number of aromatic amines is 1. The van der Waals surface area contributed by atoms with Crippen molar-refractivity contribution in [3.8, 4) is 6.07 Å². The minimum atomic E-state index is -3.17. The zero-order valence-corrected chi connectivity index (χ0v) is 15.3. The van der Waals surface area contributed by atoms with Crippen LogP contribution in [0.15, 0.2) is 29.3 Å². The molecule has 1 aromatic carbocycles. The van der Waals surface area contributed by atoms with E-state index in [0.29, 0.717) is 34.3 Å². The number of carbonyl (C=O) groups excluding carboxylic acids is 1. The Labute approximate surface area is 156 Å². The van der Waals surface area contributed by atoms with E-state index in [2.05, 4.69) is 26.9 Å². The molecule has 1 saturated carbocycles. The topological polar surface area (TPSA) is 128 Å². The number of aromatic nitrogens is 2. The maximum atomic E-state index is 12.6. The number of nitrogens with one attached hydrogen (secondary N) is 3. The van der Waals surface area contributed by atoms with Gasteiger partial charge in [-0.1, -0.05) is 0 Å². The van der Waals surface area contributed by atoms with Crippen molar-refractivity contribution >= 4 is 27.2 Å². The molecular weight excluding hydrogens is 366 g/mol. The fourth-order valence-corrected chi connectivity index (χ4v) is 4.93. The summed E-state index contributed by atoms with van der Waals surface area (Å²) in [5, 5.41) is 21.7. The average Bonchev–Trinajstić information content (AvgIpc) is 3.31. The van der Waals surface area contributed by atoms with Gasteiger partial charge in [0.2, 0.25) is 0 Å². The lowest BCUT2D eigenvalue weighted by atomic mass is 10.1. The molecule has 1 atom stereocenters. The third-order valence-electron chi connectivity index (χ3n) is 5.00. The van der Waals surface area contributed by atoms with Crippen molar-refractivity contribution in [3.63, 3.8) is 0 Å². The van der Waals surface area contributed by atoms with E-state index < -0.39 is 9.84 Å². The molecule has 2 aromatic rings. The summed E-state index contributed by atoms with van der Waals surface area (Å²) in [5.74, 6) is 0.570. The molecule has 8 nitrogen and oxygen atoms in total. The van der Waals surface area contributed by atoms with Crippen LogP contribution in [0.5, 0.6) is 0 Å². The normalized spacial score (nSPS) is 18.3. The van der Waals surface area contributed by atoms with Crippen LogP contribution in [0.2, 0.25) is 0 Å². The molecule has 0 radical (unpaired) electrons. The summed E-state index contributed by atoms with van der Waals surface area (Å²) in [6.07, 6.45) is 4.34. The van der Waals surface area contributed by atoms with Crippen molar-refractivity contribution in [2.75, 3.05) is 11.1 Å². The third kappa shape index (κ3) is 3.53. The van der Waals surface area contributed by atoms with Gasteiger partial charge in [0.15, 0.2) is 15.7 Å². The van der Waals surface area contributed by atoms with Crippen LogP contribution in [0.4, 0.5) is 11.5 Å². The van der Waals surface area contributed by atoms with E-state index in [9.17, 15) is 13.2 Å². The first-order chi connectivity index (χ1) is 13.0. The third-order valence-corrected chi connectivity index (χ3v) is 6.81. The molecule has 1 unspecified atom stereocenters. The Hall–Kier alpha value is -2.86. The van der Waals surface area contributed by atoms with E-state index in [1.54, 1.807) is 18.2 Å². The Morgan fingerprint density at radius 2 is 2.22 bits per heavy atom. The van der Waals surface area contributed by atoms with Crippen molar-refractivity contribution in [2.45, 2.75) is 36.6 Å². The maximum Gasteiger partial charge on any atom is 0.256 e. The van der Waals surface area contributed by atoms with Gasteiger partial charge in [0.1, 0.15) is 5.56 Å². The number of fused-ring (bicyclic) bond motifs is 1. The summed E-state index contributed by atoms with van der Waals surface area (Å²) in [6.45, 7) is 0. The molecule has 1 aliphatic heterocycles. The highest BCUT2D eigenvalue weighted by Gasteiger charge is 2.33. The number of amides is 1. The highest BCUT2D eigenvalue weighted by Crippen LogP contribution is 2.34. The molecule has 1 amide bonds. The molecule has 0 spiro atoms. The van der Waals surface area contributed by atoms with Gasteiger partial charge in [0.05, 0.1) is 23.1 Å². The molecule has 4 rings (SSSR count). The number of rotatable bonds is 6. The Morgan fingerprint density at radius 1 is 1.41 bits per heavy atom. The van der Waals surface area contributed by atoms with Crippen LogP contribution in [0.3, 0.4) is 0 Å². The molecular formula is C18H19N5O3S. The summed E-state index contributed by atoms with van der Waals surface area (Å²) in [6, 6.07) is 7.01. The highest BCUT2D eigenvalue weighted by atomic mass is 32.2. The predicted molar refractivity (Wildman–Crippen MR) is 98.3 cm³/mol. The second kappa shape index (κ2) is 6.70. The van der Waals surface area contributed by atoms with E-state index in [4.69, 9.17) is 5.26 Å². The average molecular weight is 385 g/mol. The van der Waals surface area contributed by atoms with Gasteiger partial charge in [-0.25, -0.2) is 8.42 Å². The fraction of sp³-hybridized carbons (Fsp3) is 0.389. The monoisotopic (exact) mass is 385 g/mol. The largest absolute Gasteiger partial charge is 0.348 e. The quantitative estimate of drug-likeness (QED) is 0.697. The van der Waals surface area contributed by atoms with Crippen LogP contribution in [0.25, 0.3) is 0 Å². The molecule has 9 heteroatoms. The molecule has 0 bridgehead atoms. The lowest BCUT2D eigenvalue weighted by Crippen LogP contribution is -2.36. The minimum absolute atomic E-state index is 0.128. The van der Waals surface area contributed by atoms with E-state index in [0.717, 1.165) is 18.4 Å². The van der Waals surface area contributed by atoms with Gasteiger partial charge in [0, 0.05) is 17.9 Å². The summed E-state index contributed by atoms with van der Waals surface area (Å²) < 4.78 is 23.9. The molecule has 140 valence electrons. The number of hydrogen-bond acceptors (Lipinski definition) is 6. The van der Waals surface area contributed by atoms with Crippen LogP contribution in [0, 0.1) is 17.2 Å². The Bertz CT molecular complexity index is 1030. The van der Waals surface area contributed by atoms with Crippen LogP contribution in [-0.4, -0.2) is 36.3 Å². The number of sulfone groups is 1. The number of hydrogen-bond donors (Lipinski definition) is 3. The SMILES string of the molecule is N#CCC(NC(=O)c1c[nH]nc1Nc1ccc2c(c1)CCS2(=O)=O)C1CC1. The Kier molecular flexibility index (Phi) is 4.36. The van der Waals surface area contributed by atoms with Gasteiger partial charge in [-0.15, -0.1) is 0 Å². The molecule has 2 heterocycles. The van der Waals surface area contributed by atoms with Crippen LogP contribution < -0.4 is 10.6 Å². The van der Waals surface area contributed by atoms with Crippen LogP contribution in [0.1, 0.15) is 35.2 Å². The van der Waals surface area contributed by atoms with Crippen molar-refractivity contribution in [1.82, 2.24) is 15.5 Å². The number of nitriles is 1. The Morgan fingerprint density at radius 3 is 2.96 bits per heavy atom. The predicted octanol–water partition coefficient (Wildman–Crippen LogP) is 1.91. The first-order valence-electron chi connectivity index (χ1n) is 8.82. The Balaban J connectivity index is 1.51. The van der Waals surface area contributed by atoms with Gasteiger partial charge < -0.3 is 10.6 Å². The summed E-state index contributed by atoms with van der Waals surface area (Å²) in [5.41, 5.74) is 1.79. The van der Waals surface area contributed by atoms with Crippen LogP contribution in [-0.2, 0) is 16.3 Å². The summed E-state index contributed by atoms with van der Waals surface area (Å²) >= 11 is 0. The number of carbonyl (C=O) groups is 1. The van der Waals surface area contributed by atoms with E-state index in [1.165, 1.54) is 6.20 Å². The highest BCUT2D eigenvalue weighted by molar-refractivity contribution is 7.91. The van der Waals surface area contributed by atoms with Gasteiger partial charge in [-0.2, -0.15) is 10.4 Å². The van der Waals surface area contributed by atoms with Crippen LogP contribution >= 0.6 is 0 Å². The molecule has 3 N–H and O–H groups in total. The number of H-pyrrole nitrogens is 1. The molecule has 27 heavy (non-hydrogen) atoms.